The Morgan fingerprint density at radius 2 is 1.66 bits per heavy atom. The number of halogens is 3. The minimum Gasteiger partial charge on any atom is -0.379 e. The van der Waals surface area contributed by atoms with Crippen molar-refractivity contribution in [3.8, 4) is 5.75 Å². The van der Waals surface area contributed by atoms with E-state index in [1.54, 1.807) is 23.1 Å². The monoisotopic (exact) mass is 503 g/mol. The number of hydrogen-bond donors (Lipinski definition) is 0. The van der Waals surface area contributed by atoms with Crippen LogP contribution in [0.2, 0.25) is 0 Å². The molecule has 1 amide bonds. The van der Waals surface area contributed by atoms with Gasteiger partial charge in [0.25, 0.3) is 0 Å². The van der Waals surface area contributed by atoms with Crippen LogP contribution >= 0.6 is 0 Å². The lowest BCUT2D eigenvalue weighted by Crippen LogP contribution is -2.35. The molecular weight excluding hydrogens is 479 g/mol. The predicted molar refractivity (Wildman–Crippen MR) is 127 cm³/mol. The minimum atomic E-state index is -4.69. The quantitative estimate of drug-likeness (QED) is 0.283. The van der Waals surface area contributed by atoms with Crippen LogP contribution in [0.3, 0.4) is 0 Å². The zero-order valence-electron chi connectivity index (χ0n) is 19.1. The van der Waals surface area contributed by atoms with Gasteiger partial charge in [-0.2, -0.15) is 21.6 Å². The molecule has 0 saturated heterocycles. The van der Waals surface area contributed by atoms with E-state index in [0.717, 1.165) is 23.8 Å². The van der Waals surface area contributed by atoms with Crippen molar-refractivity contribution in [3.05, 3.63) is 102 Å². The number of alkyl halides is 3. The molecule has 0 aromatic heterocycles. The van der Waals surface area contributed by atoms with Crippen molar-refractivity contribution in [3.63, 3.8) is 0 Å². The Morgan fingerprint density at radius 1 is 0.971 bits per heavy atom. The molecule has 5 nitrogen and oxygen atoms in total. The molecule has 3 aromatic rings. The van der Waals surface area contributed by atoms with E-state index >= 15 is 0 Å². The average molecular weight is 504 g/mol. The van der Waals surface area contributed by atoms with Crippen LogP contribution in [-0.4, -0.2) is 25.3 Å². The summed E-state index contributed by atoms with van der Waals surface area (Å²) in [4.78, 5) is 13.8. The van der Waals surface area contributed by atoms with Crippen LogP contribution in [0.25, 0.3) is 6.08 Å². The second-order valence-electron chi connectivity index (χ2n) is 8.01. The van der Waals surface area contributed by atoms with Gasteiger partial charge < -0.3 is 9.08 Å². The smallest absolute Gasteiger partial charge is 0.379 e. The van der Waals surface area contributed by atoms with E-state index in [0.29, 0.717) is 11.6 Å². The highest BCUT2D eigenvalue weighted by Gasteiger charge is 2.32. The van der Waals surface area contributed by atoms with Crippen molar-refractivity contribution >= 4 is 22.1 Å². The zero-order chi connectivity index (χ0) is 25.6. The van der Waals surface area contributed by atoms with Gasteiger partial charge in [0.1, 0.15) is 10.6 Å². The first-order valence-corrected chi connectivity index (χ1v) is 12.1. The molecule has 0 bridgehead atoms. The SMILES string of the molecule is CC(C)N(Cc1cccc(OS(=O)(=O)c2cccc(C(F)(F)F)c2)c1)C(=O)/C=C/c1ccccc1. The van der Waals surface area contributed by atoms with Gasteiger partial charge in [-0.3, -0.25) is 4.79 Å². The maximum absolute atomic E-state index is 13.0. The van der Waals surface area contributed by atoms with E-state index in [2.05, 4.69) is 0 Å². The van der Waals surface area contributed by atoms with Gasteiger partial charge in [0.15, 0.2) is 0 Å². The van der Waals surface area contributed by atoms with Crippen LogP contribution in [-0.2, 0) is 27.6 Å². The van der Waals surface area contributed by atoms with Gasteiger partial charge in [-0.25, -0.2) is 0 Å². The second kappa shape index (κ2) is 10.8. The fourth-order valence-corrected chi connectivity index (χ4v) is 4.21. The van der Waals surface area contributed by atoms with Gasteiger partial charge >= 0.3 is 16.3 Å². The lowest BCUT2D eigenvalue weighted by Gasteiger charge is -2.26. The molecule has 0 saturated carbocycles. The molecule has 3 rings (SSSR count). The maximum Gasteiger partial charge on any atom is 0.416 e. The molecule has 0 unspecified atom stereocenters. The molecule has 0 aliphatic heterocycles. The number of carbonyl (C=O) groups is 1. The topological polar surface area (TPSA) is 63.7 Å². The molecule has 3 aromatic carbocycles. The molecule has 9 heteroatoms. The van der Waals surface area contributed by atoms with Crippen LogP contribution < -0.4 is 4.18 Å². The summed E-state index contributed by atoms with van der Waals surface area (Å²) in [6.45, 7) is 3.88. The molecule has 0 radical (unpaired) electrons. The van der Waals surface area contributed by atoms with Crippen molar-refractivity contribution in [1.29, 1.82) is 0 Å². The molecule has 0 aliphatic rings. The van der Waals surface area contributed by atoms with E-state index in [1.165, 1.54) is 18.2 Å². The summed E-state index contributed by atoms with van der Waals surface area (Å²) in [5.41, 5.74) is 0.377. The number of amides is 1. The third kappa shape index (κ3) is 7.19. The molecule has 0 spiro atoms. The first kappa shape index (κ1) is 26.0. The van der Waals surface area contributed by atoms with Gasteiger partial charge in [-0.05, 0) is 61.4 Å². The molecule has 0 atom stereocenters. The number of rotatable bonds is 8. The summed E-state index contributed by atoms with van der Waals surface area (Å²) in [6.07, 6.45) is -1.51. The summed E-state index contributed by atoms with van der Waals surface area (Å²) >= 11 is 0. The van der Waals surface area contributed by atoms with Gasteiger partial charge in [-0.15, -0.1) is 0 Å². The Balaban J connectivity index is 1.77. The number of nitrogens with zero attached hydrogens (tertiary/aromatic N) is 1. The summed E-state index contributed by atoms with van der Waals surface area (Å²) in [6, 6.07) is 18.6. The van der Waals surface area contributed by atoms with E-state index in [9.17, 15) is 26.4 Å². The van der Waals surface area contributed by atoms with Gasteiger partial charge in [0, 0.05) is 18.7 Å². The molecule has 0 heterocycles. The van der Waals surface area contributed by atoms with Crippen molar-refractivity contribution in [1.82, 2.24) is 4.90 Å². The van der Waals surface area contributed by atoms with E-state index in [-0.39, 0.29) is 24.2 Å². The molecule has 0 fully saturated rings. The highest BCUT2D eigenvalue weighted by Crippen LogP contribution is 2.31. The predicted octanol–water partition coefficient (Wildman–Crippen LogP) is 5.92. The summed E-state index contributed by atoms with van der Waals surface area (Å²) < 4.78 is 69.2. The van der Waals surface area contributed by atoms with E-state index in [1.807, 2.05) is 44.2 Å². The fourth-order valence-electron chi connectivity index (χ4n) is 3.24. The van der Waals surface area contributed by atoms with Crippen molar-refractivity contribution < 1.29 is 30.6 Å². The Morgan fingerprint density at radius 3 is 2.31 bits per heavy atom. The Labute approximate surface area is 202 Å². The minimum absolute atomic E-state index is 0.0732. The van der Waals surface area contributed by atoms with Crippen LogP contribution in [0.15, 0.2) is 89.8 Å². The molecule has 0 aliphatic carbocycles. The normalized spacial score (nSPS) is 12.2. The Hall–Kier alpha value is -3.59. The van der Waals surface area contributed by atoms with Crippen molar-refractivity contribution in [2.75, 3.05) is 0 Å². The third-order valence-corrected chi connectivity index (χ3v) is 6.27. The molecule has 184 valence electrons. The van der Waals surface area contributed by atoms with Crippen molar-refractivity contribution in [2.24, 2.45) is 0 Å². The first-order chi connectivity index (χ1) is 16.5. The van der Waals surface area contributed by atoms with E-state index < -0.39 is 26.8 Å². The highest BCUT2D eigenvalue weighted by atomic mass is 32.2. The third-order valence-electron chi connectivity index (χ3n) is 5.03. The average Bonchev–Trinajstić information content (AvgIpc) is 2.81. The summed E-state index contributed by atoms with van der Waals surface area (Å²) in [5, 5.41) is 0. The molecule has 35 heavy (non-hydrogen) atoms. The molecular formula is C26H24F3NO4S. The number of hydrogen-bond acceptors (Lipinski definition) is 4. The fraction of sp³-hybridized carbons (Fsp3) is 0.192. The molecule has 0 N–H and O–H groups in total. The lowest BCUT2D eigenvalue weighted by atomic mass is 10.1. The number of carbonyl (C=O) groups excluding carboxylic acids is 1. The van der Waals surface area contributed by atoms with Crippen LogP contribution in [0.4, 0.5) is 13.2 Å². The largest absolute Gasteiger partial charge is 0.416 e. The second-order valence-corrected chi connectivity index (χ2v) is 9.56. The van der Waals surface area contributed by atoms with Crippen LogP contribution in [0.1, 0.15) is 30.5 Å². The van der Waals surface area contributed by atoms with E-state index in [4.69, 9.17) is 4.18 Å². The maximum atomic E-state index is 13.0. The number of benzene rings is 3. The highest BCUT2D eigenvalue weighted by molar-refractivity contribution is 7.87. The first-order valence-electron chi connectivity index (χ1n) is 10.7. The standard InChI is InChI=1S/C26H24F3NO4S/c1-19(2)30(25(31)15-14-20-8-4-3-5-9-20)18-21-10-6-12-23(16-21)34-35(32,33)24-13-7-11-22(17-24)26(27,28)29/h3-17,19H,18H2,1-2H3/b15-14+. The summed E-state index contributed by atoms with van der Waals surface area (Å²) in [5.74, 6) is -0.303. The van der Waals surface area contributed by atoms with Crippen LogP contribution in [0.5, 0.6) is 5.75 Å². The van der Waals surface area contributed by atoms with Gasteiger partial charge in [0.05, 0.1) is 5.56 Å². The van der Waals surface area contributed by atoms with Gasteiger partial charge in [-0.1, -0.05) is 48.5 Å². The van der Waals surface area contributed by atoms with Crippen molar-refractivity contribution in [2.45, 2.75) is 37.5 Å². The Bertz CT molecular complexity index is 1300. The van der Waals surface area contributed by atoms with Crippen LogP contribution in [0, 0.1) is 0 Å². The lowest BCUT2D eigenvalue weighted by molar-refractivity contribution is -0.137. The zero-order valence-corrected chi connectivity index (χ0v) is 19.9. The summed E-state index contributed by atoms with van der Waals surface area (Å²) in [7, 11) is -4.50. The Kier molecular flexibility index (Phi) is 8.01. The van der Waals surface area contributed by atoms with Gasteiger partial charge in [0.2, 0.25) is 5.91 Å².